The molecule has 0 atom stereocenters. The minimum absolute atomic E-state index is 0.142. The summed E-state index contributed by atoms with van der Waals surface area (Å²) in [6, 6.07) is 5.06. The van der Waals surface area contributed by atoms with Crippen LogP contribution < -0.4 is 4.90 Å². The molecule has 0 bridgehead atoms. The molecule has 18 heavy (non-hydrogen) atoms. The zero-order valence-corrected chi connectivity index (χ0v) is 11.6. The fraction of sp³-hybridized carbons (Fsp3) is 0.538. The second-order valence-electron chi connectivity index (χ2n) is 5.42. The van der Waals surface area contributed by atoms with E-state index in [4.69, 9.17) is 0 Å². The van der Waals surface area contributed by atoms with E-state index in [-0.39, 0.29) is 10.6 Å². The van der Waals surface area contributed by atoms with Gasteiger partial charge < -0.3 is 4.90 Å². The third-order valence-corrected chi connectivity index (χ3v) is 4.74. The number of halogens is 1. The first kappa shape index (κ1) is 12.0. The van der Waals surface area contributed by atoms with E-state index in [0.717, 1.165) is 23.2 Å². The smallest absolute Gasteiger partial charge is 0.270 e. The Labute approximate surface area is 114 Å². The Morgan fingerprint density at radius 1 is 1.33 bits per heavy atom. The molecule has 4 nitrogen and oxygen atoms in total. The van der Waals surface area contributed by atoms with E-state index in [2.05, 4.69) is 20.8 Å². The van der Waals surface area contributed by atoms with E-state index < -0.39 is 0 Å². The topological polar surface area (TPSA) is 46.4 Å². The molecule has 1 aliphatic heterocycles. The summed E-state index contributed by atoms with van der Waals surface area (Å²) in [5.74, 6) is 0. The lowest BCUT2D eigenvalue weighted by molar-refractivity contribution is -0.384. The number of anilines is 1. The first-order chi connectivity index (χ1) is 8.60. The first-order valence-corrected chi connectivity index (χ1v) is 7.08. The molecule has 1 aromatic carbocycles. The highest BCUT2D eigenvalue weighted by Crippen LogP contribution is 2.53. The molecule has 1 saturated carbocycles. The van der Waals surface area contributed by atoms with Crippen molar-refractivity contribution >= 4 is 27.3 Å². The number of benzene rings is 1. The van der Waals surface area contributed by atoms with Crippen LogP contribution in [0.3, 0.4) is 0 Å². The van der Waals surface area contributed by atoms with E-state index in [0.29, 0.717) is 5.41 Å². The number of piperidine rings is 1. The second kappa shape index (κ2) is 4.23. The minimum atomic E-state index is -0.354. The Bertz CT molecular complexity index is 500. The van der Waals surface area contributed by atoms with E-state index >= 15 is 0 Å². The SMILES string of the molecule is O=[N+]([O-])c1ccc(N2CCCC3(CC3)C2)c(Br)c1. The van der Waals surface area contributed by atoms with Crippen LogP contribution in [0, 0.1) is 15.5 Å². The van der Waals surface area contributed by atoms with Gasteiger partial charge in [-0.2, -0.15) is 0 Å². The van der Waals surface area contributed by atoms with Crippen molar-refractivity contribution in [3.8, 4) is 0 Å². The minimum Gasteiger partial charge on any atom is -0.370 e. The Balaban J connectivity index is 1.85. The molecular formula is C13H15BrN2O2. The van der Waals surface area contributed by atoms with E-state index in [1.807, 2.05) is 6.07 Å². The van der Waals surface area contributed by atoms with Gasteiger partial charge in [-0.05, 0) is 53.1 Å². The molecule has 0 aromatic heterocycles. The maximum absolute atomic E-state index is 10.7. The summed E-state index contributed by atoms with van der Waals surface area (Å²) in [5, 5.41) is 10.7. The van der Waals surface area contributed by atoms with Gasteiger partial charge in [-0.25, -0.2) is 0 Å². The molecule has 1 spiro atoms. The van der Waals surface area contributed by atoms with Crippen LogP contribution >= 0.6 is 15.9 Å². The largest absolute Gasteiger partial charge is 0.370 e. The fourth-order valence-corrected chi connectivity index (χ4v) is 3.48. The first-order valence-electron chi connectivity index (χ1n) is 6.29. The van der Waals surface area contributed by atoms with E-state index in [9.17, 15) is 10.1 Å². The Kier molecular flexibility index (Phi) is 2.81. The number of hydrogen-bond donors (Lipinski definition) is 0. The summed E-state index contributed by atoms with van der Waals surface area (Å²) in [6.45, 7) is 2.15. The summed E-state index contributed by atoms with van der Waals surface area (Å²) in [6.07, 6.45) is 5.25. The van der Waals surface area contributed by atoms with Gasteiger partial charge in [0.2, 0.25) is 0 Å². The number of nitro benzene ring substituents is 1. The summed E-state index contributed by atoms with van der Waals surface area (Å²) in [7, 11) is 0. The molecule has 1 aromatic rings. The third-order valence-electron chi connectivity index (χ3n) is 4.10. The van der Waals surface area contributed by atoms with Crippen LogP contribution in [-0.4, -0.2) is 18.0 Å². The van der Waals surface area contributed by atoms with Crippen LogP contribution in [0.2, 0.25) is 0 Å². The number of nitro groups is 1. The van der Waals surface area contributed by atoms with Gasteiger partial charge in [-0.15, -0.1) is 0 Å². The number of nitrogens with zero attached hydrogens (tertiary/aromatic N) is 2. The van der Waals surface area contributed by atoms with Crippen LogP contribution in [0.25, 0.3) is 0 Å². The molecule has 0 N–H and O–H groups in total. The molecule has 0 amide bonds. The van der Waals surface area contributed by atoms with Gasteiger partial charge in [0, 0.05) is 29.7 Å². The highest BCUT2D eigenvalue weighted by molar-refractivity contribution is 9.10. The quantitative estimate of drug-likeness (QED) is 0.617. The molecule has 2 aliphatic rings. The molecule has 2 fully saturated rings. The Morgan fingerprint density at radius 3 is 2.72 bits per heavy atom. The monoisotopic (exact) mass is 310 g/mol. The lowest BCUT2D eigenvalue weighted by Crippen LogP contribution is -2.36. The second-order valence-corrected chi connectivity index (χ2v) is 6.27. The van der Waals surface area contributed by atoms with Crippen molar-refractivity contribution in [2.45, 2.75) is 25.7 Å². The lowest BCUT2D eigenvalue weighted by atomic mass is 9.94. The summed E-state index contributed by atoms with van der Waals surface area (Å²) < 4.78 is 0.828. The molecule has 3 rings (SSSR count). The van der Waals surface area contributed by atoms with Crippen LogP contribution in [-0.2, 0) is 0 Å². The fourth-order valence-electron chi connectivity index (χ4n) is 2.86. The Hall–Kier alpha value is -1.10. The molecule has 0 radical (unpaired) electrons. The van der Waals surface area contributed by atoms with Crippen molar-refractivity contribution in [2.24, 2.45) is 5.41 Å². The predicted octanol–water partition coefficient (Wildman–Crippen LogP) is 3.74. The summed E-state index contributed by atoms with van der Waals surface area (Å²) in [5.41, 5.74) is 1.79. The maximum Gasteiger partial charge on any atom is 0.270 e. The van der Waals surface area contributed by atoms with Gasteiger partial charge >= 0.3 is 0 Å². The molecule has 1 aliphatic carbocycles. The van der Waals surface area contributed by atoms with Gasteiger partial charge in [0.15, 0.2) is 0 Å². The van der Waals surface area contributed by atoms with Crippen molar-refractivity contribution in [3.63, 3.8) is 0 Å². The van der Waals surface area contributed by atoms with Crippen LogP contribution in [0.15, 0.2) is 22.7 Å². The lowest BCUT2D eigenvalue weighted by Gasteiger charge is -2.35. The van der Waals surface area contributed by atoms with Gasteiger partial charge in [-0.1, -0.05) is 0 Å². The van der Waals surface area contributed by atoms with Gasteiger partial charge in [0.25, 0.3) is 5.69 Å². The van der Waals surface area contributed by atoms with Crippen LogP contribution in [0.5, 0.6) is 0 Å². The van der Waals surface area contributed by atoms with Gasteiger partial charge in [0.1, 0.15) is 0 Å². The highest BCUT2D eigenvalue weighted by Gasteiger charge is 2.45. The van der Waals surface area contributed by atoms with Crippen molar-refractivity contribution < 1.29 is 4.92 Å². The number of hydrogen-bond acceptors (Lipinski definition) is 3. The molecule has 1 heterocycles. The van der Waals surface area contributed by atoms with Crippen molar-refractivity contribution in [3.05, 3.63) is 32.8 Å². The van der Waals surface area contributed by atoms with Crippen molar-refractivity contribution in [1.29, 1.82) is 0 Å². The van der Waals surface area contributed by atoms with Crippen molar-refractivity contribution in [2.75, 3.05) is 18.0 Å². The summed E-state index contributed by atoms with van der Waals surface area (Å²) in [4.78, 5) is 12.7. The Morgan fingerprint density at radius 2 is 2.11 bits per heavy atom. The zero-order chi connectivity index (χ0) is 12.8. The average molecular weight is 311 g/mol. The third kappa shape index (κ3) is 2.11. The zero-order valence-electron chi connectivity index (χ0n) is 10.1. The van der Waals surface area contributed by atoms with Gasteiger partial charge in [0.05, 0.1) is 10.6 Å². The molecule has 5 heteroatoms. The molecular weight excluding hydrogens is 296 g/mol. The van der Waals surface area contributed by atoms with Crippen LogP contribution in [0.4, 0.5) is 11.4 Å². The van der Waals surface area contributed by atoms with Crippen LogP contribution in [0.1, 0.15) is 25.7 Å². The molecule has 0 unspecified atom stereocenters. The average Bonchev–Trinajstić information content (AvgIpc) is 3.08. The predicted molar refractivity (Wildman–Crippen MR) is 73.9 cm³/mol. The van der Waals surface area contributed by atoms with Gasteiger partial charge in [-0.3, -0.25) is 10.1 Å². The molecule has 96 valence electrons. The summed E-state index contributed by atoms with van der Waals surface area (Å²) >= 11 is 3.46. The van der Waals surface area contributed by atoms with E-state index in [1.165, 1.54) is 25.7 Å². The standard InChI is InChI=1S/C13H15BrN2O2/c14-11-8-10(16(17)18)2-3-12(11)15-7-1-4-13(9-15)5-6-13/h2-3,8H,1,4-7,9H2. The molecule has 1 saturated heterocycles. The highest BCUT2D eigenvalue weighted by atomic mass is 79.9. The maximum atomic E-state index is 10.7. The van der Waals surface area contributed by atoms with Crippen molar-refractivity contribution in [1.82, 2.24) is 0 Å². The normalized spacial score (nSPS) is 21.1. The number of rotatable bonds is 2. The number of non-ortho nitro benzene ring substituents is 1. The van der Waals surface area contributed by atoms with E-state index in [1.54, 1.807) is 12.1 Å².